The normalized spacial score (nSPS) is 18.6. The predicted molar refractivity (Wildman–Crippen MR) is 52.2 cm³/mol. The lowest BCUT2D eigenvalue weighted by Gasteiger charge is -2.26. The van der Waals surface area contributed by atoms with E-state index in [-0.39, 0.29) is 5.60 Å². The molecule has 0 amide bonds. The van der Waals surface area contributed by atoms with Gasteiger partial charge in [-0.2, -0.15) is 0 Å². The zero-order valence-corrected chi connectivity index (χ0v) is 8.69. The third-order valence-electron chi connectivity index (χ3n) is 2.89. The molecule has 0 bridgehead atoms. The molecule has 0 saturated carbocycles. The van der Waals surface area contributed by atoms with Gasteiger partial charge in [0.2, 0.25) is 0 Å². The van der Waals surface area contributed by atoms with Crippen molar-refractivity contribution in [3.05, 3.63) is 22.8 Å². The van der Waals surface area contributed by atoms with Crippen LogP contribution in [0.1, 0.15) is 34.1 Å². The maximum absolute atomic E-state index is 5.45. The molecular formula is C11H18O. The summed E-state index contributed by atoms with van der Waals surface area (Å²) < 4.78 is 5.45. The molecule has 68 valence electrons. The Labute approximate surface area is 75.1 Å². The molecule has 0 aromatic heterocycles. The van der Waals surface area contributed by atoms with Gasteiger partial charge in [0.25, 0.3) is 0 Å². The summed E-state index contributed by atoms with van der Waals surface area (Å²) in [7, 11) is 1.77. The van der Waals surface area contributed by atoms with Crippen LogP contribution in [0.2, 0.25) is 0 Å². The molecule has 1 heteroatoms. The molecule has 12 heavy (non-hydrogen) atoms. The second kappa shape index (κ2) is 3.06. The molecule has 0 radical (unpaired) electrons. The fraction of sp³-hybridized carbons (Fsp3) is 0.636. The van der Waals surface area contributed by atoms with E-state index in [4.69, 9.17) is 4.74 Å². The zero-order valence-electron chi connectivity index (χ0n) is 8.69. The molecule has 1 nitrogen and oxygen atoms in total. The fourth-order valence-electron chi connectivity index (χ4n) is 1.62. The summed E-state index contributed by atoms with van der Waals surface area (Å²) in [5.41, 5.74) is 4.12. The van der Waals surface area contributed by atoms with E-state index in [0.29, 0.717) is 0 Å². The van der Waals surface area contributed by atoms with Crippen LogP contribution in [0.15, 0.2) is 22.8 Å². The quantitative estimate of drug-likeness (QED) is 0.612. The lowest BCUT2D eigenvalue weighted by atomic mass is 9.93. The minimum atomic E-state index is -0.0989. The first-order valence-corrected chi connectivity index (χ1v) is 4.41. The predicted octanol–water partition coefficient (Wildman–Crippen LogP) is 3.08. The Hall–Kier alpha value is -0.560. The standard InChI is InChI=1S/C11H18O/c1-8-6-7-10(9(8)2)11(3,4)12-5/h6H,7H2,1-5H3. The highest BCUT2D eigenvalue weighted by Gasteiger charge is 2.26. The van der Waals surface area contributed by atoms with Crippen molar-refractivity contribution in [2.45, 2.75) is 39.7 Å². The molecule has 0 spiro atoms. The van der Waals surface area contributed by atoms with E-state index in [2.05, 4.69) is 33.8 Å². The van der Waals surface area contributed by atoms with E-state index in [1.54, 1.807) is 7.11 Å². The third-order valence-corrected chi connectivity index (χ3v) is 2.89. The second-order valence-electron chi connectivity index (χ2n) is 3.91. The molecule has 0 aromatic rings. The van der Waals surface area contributed by atoms with Crippen molar-refractivity contribution < 1.29 is 4.74 Å². The van der Waals surface area contributed by atoms with Crippen molar-refractivity contribution in [1.29, 1.82) is 0 Å². The molecule has 1 rings (SSSR count). The molecule has 1 aliphatic carbocycles. The van der Waals surface area contributed by atoms with Crippen molar-refractivity contribution in [1.82, 2.24) is 0 Å². The molecule has 0 heterocycles. The highest BCUT2D eigenvalue weighted by molar-refractivity contribution is 5.43. The van der Waals surface area contributed by atoms with Crippen molar-refractivity contribution in [2.24, 2.45) is 0 Å². The summed E-state index contributed by atoms with van der Waals surface area (Å²) in [4.78, 5) is 0. The first kappa shape index (κ1) is 9.53. The number of hydrogen-bond acceptors (Lipinski definition) is 1. The van der Waals surface area contributed by atoms with Gasteiger partial charge in [-0.3, -0.25) is 0 Å². The topological polar surface area (TPSA) is 9.23 Å². The fourth-order valence-corrected chi connectivity index (χ4v) is 1.62. The van der Waals surface area contributed by atoms with E-state index < -0.39 is 0 Å². The lowest BCUT2D eigenvalue weighted by Crippen LogP contribution is -2.25. The lowest BCUT2D eigenvalue weighted by molar-refractivity contribution is 0.0531. The molecule has 0 aromatic carbocycles. The Morgan fingerprint density at radius 3 is 2.25 bits per heavy atom. The van der Waals surface area contributed by atoms with Gasteiger partial charge in [-0.05, 0) is 45.3 Å². The minimum absolute atomic E-state index is 0.0989. The van der Waals surface area contributed by atoms with E-state index in [1.165, 1.54) is 16.7 Å². The van der Waals surface area contributed by atoms with Crippen LogP contribution in [0, 0.1) is 0 Å². The van der Waals surface area contributed by atoms with E-state index >= 15 is 0 Å². The Morgan fingerprint density at radius 2 is 1.92 bits per heavy atom. The summed E-state index contributed by atoms with van der Waals surface area (Å²) in [6.07, 6.45) is 3.32. The molecule has 0 aliphatic heterocycles. The molecule has 0 saturated heterocycles. The SMILES string of the molecule is COC(C)(C)C1=C(C)C(C)=CC1. The number of hydrogen-bond donors (Lipinski definition) is 0. The number of ether oxygens (including phenoxy) is 1. The van der Waals surface area contributed by atoms with Gasteiger partial charge in [-0.25, -0.2) is 0 Å². The summed E-state index contributed by atoms with van der Waals surface area (Å²) in [5.74, 6) is 0. The van der Waals surface area contributed by atoms with Crippen molar-refractivity contribution in [3.8, 4) is 0 Å². The number of allylic oxidation sites excluding steroid dienone is 3. The van der Waals surface area contributed by atoms with Gasteiger partial charge in [0.05, 0.1) is 5.60 Å². The molecule has 1 aliphatic rings. The summed E-state index contributed by atoms with van der Waals surface area (Å²) in [5, 5.41) is 0. The van der Waals surface area contributed by atoms with Gasteiger partial charge in [-0.15, -0.1) is 0 Å². The zero-order chi connectivity index (χ0) is 9.35. The largest absolute Gasteiger partial charge is 0.374 e. The molecular weight excluding hydrogens is 148 g/mol. The first-order valence-electron chi connectivity index (χ1n) is 4.41. The molecule has 0 fully saturated rings. The van der Waals surface area contributed by atoms with Crippen LogP contribution >= 0.6 is 0 Å². The van der Waals surface area contributed by atoms with Crippen LogP contribution in [0.4, 0.5) is 0 Å². The average Bonchev–Trinajstić information content (AvgIpc) is 2.33. The smallest absolute Gasteiger partial charge is 0.0840 e. The third kappa shape index (κ3) is 1.46. The molecule has 0 unspecified atom stereocenters. The Bertz CT molecular complexity index is 244. The van der Waals surface area contributed by atoms with Gasteiger partial charge in [0.15, 0.2) is 0 Å². The van der Waals surface area contributed by atoms with Crippen molar-refractivity contribution in [3.63, 3.8) is 0 Å². The van der Waals surface area contributed by atoms with Crippen LogP contribution in [0.3, 0.4) is 0 Å². The van der Waals surface area contributed by atoms with Crippen LogP contribution in [-0.2, 0) is 4.74 Å². The van der Waals surface area contributed by atoms with Crippen LogP contribution in [0.25, 0.3) is 0 Å². The molecule has 0 N–H and O–H groups in total. The maximum atomic E-state index is 5.45. The number of methoxy groups -OCH3 is 1. The number of rotatable bonds is 2. The summed E-state index contributed by atoms with van der Waals surface area (Å²) in [6, 6.07) is 0. The van der Waals surface area contributed by atoms with Gasteiger partial charge in [0.1, 0.15) is 0 Å². The van der Waals surface area contributed by atoms with Crippen LogP contribution < -0.4 is 0 Å². The maximum Gasteiger partial charge on any atom is 0.0840 e. The first-order chi connectivity index (χ1) is 5.49. The monoisotopic (exact) mass is 166 g/mol. The van der Waals surface area contributed by atoms with E-state index in [9.17, 15) is 0 Å². The van der Waals surface area contributed by atoms with Gasteiger partial charge in [-0.1, -0.05) is 11.6 Å². The van der Waals surface area contributed by atoms with E-state index in [0.717, 1.165) is 6.42 Å². The Kier molecular flexibility index (Phi) is 2.43. The summed E-state index contributed by atoms with van der Waals surface area (Å²) in [6.45, 7) is 8.58. The highest BCUT2D eigenvalue weighted by Crippen LogP contribution is 2.34. The van der Waals surface area contributed by atoms with Crippen LogP contribution in [0.5, 0.6) is 0 Å². The Morgan fingerprint density at radius 1 is 1.33 bits per heavy atom. The van der Waals surface area contributed by atoms with Gasteiger partial charge in [0, 0.05) is 7.11 Å². The van der Waals surface area contributed by atoms with Crippen molar-refractivity contribution in [2.75, 3.05) is 7.11 Å². The summed E-state index contributed by atoms with van der Waals surface area (Å²) >= 11 is 0. The average molecular weight is 166 g/mol. The van der Waals surface area contributed by atoms with Gasteiger partial charge < -0.3 is 4.74 Å². The van der Waals surface area contributed by atoms with Gasteiger partial charge >= 0.3 is 0 Å². The second-order valence-corrected chi connectivity index (χ2v) is 3.91. The van der Waals surface area contributed by atoms with E-state index in [1.807, 2.05) is 0 Å². The van der Waals surface area contributed by atoms with Crippen LogP contribution in [-0.4, -0.2) is 12.7 Å². The Balaban J connectivity index is 2.94. The van der Waals surface area contributed by atoms with Crippen molar-refractivity contribution >= 4 is 0 Å². The minimum Gasteiger partial charge on any atom is -0.374 e. The molecule has 0 atom stereocenters. The highest BCUT2D eigenvalue weighted by atomic mass is 16.5.